The minimum atomic E-state index is -0.429. The third-order valence-corrected chi connectivity index (χ3v) is 5.43. The van der Waals surface area contributed by atoms with Crippen LogP contribution in [0.2, 0.25) is 0 Å². The number of hydrogen-bond acceptors (Lipinski definition) is 7. The van der Waals surface area contributed by atoms with Gasteiger partial charge in [0.25, 0.3) is 0 Å². The van der Waals surface area contributed by atoms with Crippen molar-refractivity contribution in [2.45, 2.75) is 46.2 Å². The summed E-state index contributed by atoms with van der Waals surface area (Å²) in [6, 6.07) is -0.377. The Labute approximate surface area is 199 Å². The van der Waals surface area contributed by atoms with Gasteiger partial charge >= 0.3 is 5.97 Å². The Kier molecular flexibility index (Phi) is 12.2. The molecule has 0 fully saturated rings. The molecule has 2 N–H and O–H groups in total. The van der Waals surface area contributed by atoms with Gasteiger partial charge in [0.1, 0.15) is 11.9 Å². The molecule has 0 aliphatic carbocycles. The lowest BCUT2D eigenvalue weighted by atomic mass is 10.1. The third-order valence-electron chi connectivity index (χ3n) is 5.43. The van der Waals surface area contributed by atoms with Crippen molar-refractivity contribution in [2.24, 2.45) is 0 Å². The van der Waals surface area contributed by atoms with Gasteiger partial charge in [-0.2, -0.15) is 0 Å². The number of carbonyl (C=O) groups excluding carboxylic acids is 2. The Bertz CT molecular complexity index is 787. The number of fused-ring (bicyclic) bond motifs is 1. The van der Waals surface area contributed by atoms with Crippen LogP contribution in [0, 0.1) is 0 Å². The SMILES string of the molecule is C/C=C\C(=C/C)CN(C)CCC(C)NC(=O)C1C=C2NC=C(C(=O)OCC)CN2N1C.C=C. The summed E-state index contributed by atoms with van der Waals surface area (Å²) in [5, 5.41) is 9.95. The maximum Gasteiger partial charge on any atom is 0.337 e. The van der Waals surface area contributed by atoms with Gasteiger partial charge in [-0.3, -0.25) is 9.80 Å². The summed E-state index contributed by atoms with van der Waals surface area (Å²) < 4.78 is 5.08. The van der Waals surface area contributed by atoms with Crippen LogP contribution in [0.15, 0.2) is 60.6 Å². The van der Waals surface area contributed by atoms with Gasteiger partial charge in [-0.05, 0) is 52.8 Å². The molecule has 0 aromatic rings. The summed E-state index contributed by atoms with van der Waals surface area (Å²) in [5.74, 6) is 0.400. The van der Waals surface area contributed by atoms with Crippen LogP contribution in [0.5, 0.6) is 0 Å². The van der Waals surface area contributed by atoms with Crippen molar-refractivity contribution in [1.82, 2.24) is 25.6 Å². The number of hydrazine groups is 1. The molecule has 2 unspecified atom stereocenters. The fourth-order valence-corrected chi connectivity index (χ4v) is 3.60. The van der Waals surface area contributed by atoms with Crippen molar-refractivity contribution in [2.75, 3.05) is 40.3 Å². The number of amides is 1. The second kappa shape index (κ2) is 14.3. The summed E-state index contributed by atoms with van der Waals surface area (Å²) in [4.78, 5) is 27.2. The van der Waals surface area contributed by atoms with Crippen LogP contribution in [-0.4, -0.2) is 79.2 Å². The molecular formula is C25H41N5O3. The Hall–Kier alpha value is -2.84. The third kappa shape index (κ3) is 8.22. The first-order valence-electron chi connectivity index (χ1n) is 11.4. The van der Waals surface area contributed by atoms with Gasteiger partial charge in [0.15, 0.2) is 0 Å². The number of rotatable bonds is 10. The van der Waals surface area contributed by atoms with E-state index in [1.54, 1.807) is 13.1 Å². The van der Waals surface area contributed by atoms with Gasteiger partial charge in [-0.15, -0.1) is 13.2 Å². The monoisotopic (exact) mass is 459 g/mol. The Balaban J connectivity index is 0.00000265. The highest BCUT2D eigenvalue weighted by atomic mass is 16.5. The van der Waals surface area contributed by atoms with Crippen molar-refractivity contribution < 1.29 is 14.3 Å². The predicted octanol–water partition coefficient (Wildman–Crippen LogP) is 2.56. The first-order valence-corrected chi connectivity index (χ1v) is 11.4. The van der Waals surface area contributed by atoms with E-state index in [1.165, 1.54) is 5.57 Å². The second-order valence-corrected chi connectivity index (χ2v) is 7.96. The molecule has 0 spiro atoms. The average Bonchev–Trinajstić information content (AvgIpc) is 3.14. The smallest absolute Gasteiger partial charge is 0.337 e. The van der Waals surface area contributed by atoms with Gasteiger partial charge in [0.2, 0.25) is 5.91 Å². The number of carbonyl (C=O) groups is 2. The van der Waals surface area contributed by atoms with E-state index >= 15 is 0 Å². The zero-order valence-electron chi connectivity index (χ0n) is 21.1. The number of allylic oxidation sites excluding steroid dienone is 2. The largest absolute Gasteiger partial charge is 0.463 e. The van der Waals surface area contributed by atoms with Crippen molar-refractivity contribution in [3.63, 3.8) is 0 Å². The molecule has 2 aliphatic rings. The van der Waals surface area contributed by atoms with Crippen molar-refractivity contribution in [1.29, 1.82) is 0 Å². The molecule has 8 nitrogen and oxygen atoms in total. The molecule has 2 aliphatic heterocycles. The minimum Gasteiger partial charge on any atom is -0.463 e. The maximum atomic E-state index is 12.9. The first-order chi connectivity index (χ1) is 15.8. The molecule has 33 heavy (non-hydrogen) atoms. The summed E-state index contributed by atoms with van der Waals surface area (Å²) in [6.07, 6.45) is 10.7. The molecule has 0 saturated heterocycles. The quantitative estimate of drug-likeness (QED) is 0.295. The average molecular weight is 460 g/mol. The summed E-state index contributed by atoms with van der Waals surface area (Å²) in [6.45, 7) is 16.4. The lowest BCUT2D eigenvalue weighted by Crippen LogP contribution is -2.51. The molecule has 2 atom stereocenters. The highest BCUT2D eigenvalue weighted by Gasteiger charge is 2.37. The maximum absolute atomic E-state index is 12.9. The van der Waals surface area contributed by atoms with Crippen LogP contribution in [0.25, 0.3) is 0 Å². The molecule has 2 rings (SSSR count). The number of nitrogens with zero attached hydrogens (tertiary/aromatic N) is 3. The van der Waals surface area contributed by atoms with E-state index in [4.69, 9.17) is 4.74 Å². The van der Waals surface area contributed by atoms with E-state index < -0.39 is 6.04 Å². The lowest BCUT2D eigenvalue weighted by molar-refractivity contribution is -0.139. The molecule has 0 bridgehead atoms. The molecule has 0 aromatic heterocycles. The standard InChI is InChI=1S/C23H37N5O3.C2H4/c1-7-10-18(8-2)15-26(5)12-11-17(4)25-22(29)20-13-21-24-14-19(23(30)31-9-3)16-28(21)27(20)6;1-2/h7-8,10,13-14,17,20,24H,9,11-12,15-16H2,1-6H3,(H,25,29);1-2H2/b10-7-,18-8+;. The highest BCUT2D eigenvalue weighted by molar-refractivity contribution is 5.89. The normalized spacial score (nSPS) is 19.2. The fourth-order valence-electron chi connectivity index (χ4n) is 3.60. The van der Waals surface area contributed by atoms with E-state index in [0.29, 0.717) is 18.7 Å². The number of likely N-dealkylation sites (N-methyl/N-ethyl adjacent to an activating group) is 2. The van der Waals surface area contributed by atoms with Gasteiger partial charge in [0.05, 0.1) is 18.7 Å². The predicted molar refractivity (Wildman–Crippen MR) is 134 cm³/mol. The molecule has 8 heteroatoms. The highest BCUT2D eigenvalue weighted by Crippen LogP contribution is 2.24. The first kappa shape index (κ1) is 28.2. The molecule has 2 heterocycles. The summed E-state index contributed by atoms with van der Waals surface area (Å²) in [7, 11) is 3.94. The van der Waals surface area contributed by atoms with E-state index in [-0.39, 0.29) is 17.9 Å². The number of nitrogens with one attached hydrogen (secondary N) is 2. The van der Waals surface area contributed by atoms with Crippen molar-refractivity contribution in [3.05, 3.63) is 60.6 Å². The fraction of sp³-hybridized carbons (Fsp3) is 0.520. The van der Waals surface area contributed by atoms with Gasteiger partial charge < -0.3 is 20.3 Å². The summed E-state index contributed by atoms with van der Waals surface area (Å²) in [5.41, 5.74) is 1.81. The van der Waals surface area contributed by atoms with E-state index in [9.17, 15) is 9.59 Å². The second-order valence-electron chi connectivity index (χ2n) is 7.96. The van der Waals surface area contributed by atoms with Crippen LogP contribution >= 0.6 is 0 Å². The van der Waals surface area contributed by atoms with Crippen LogP contribution in [-0.2, 0) is 14.3 Å². The van der Waals surface area contributed by atoms with Gasteiger partial charge in [-0.1, -0.05) is 18.2 Å². The molecule has 184 valence electrons. The van der Waals surface area contributed by atoms with Gasteiger partial charge in [-0.25, -0.2) is 9.80 Å². The Morgan fingerprint density at radius 2 is 2.09 bits per heavy atom. The number of ether oxygens (including phenoxy) is 1. The van der Waals surface area contributed by atoms with E-state index in [1.807, 2.05) is 50.0 Å². The molecular weight excluding hydrogens is 418 g/mol. The Morgan fingerprint density at radius 1 is 1.39 bits per heavy atom. The number of hydrogen-bond donors (Lipinski definition) is 2. The summed E-state index contributed by atoms with van der Waals surface area (Å²) >= 11 is 0. The molecule has 1 amide bonds. The molecule has 0 radical (unpaired) electrons. The number of esters is 1. The van der Waals surface area contributed by atoms with Crippen LogP contribution in [0.4, 0.5) is 0 Å². The zero-order valence-corrected chi connectivity index (χ0v) is 21.1. The van der Waals surface area contributed by atoms with Crippen molar-refractivity contribution >= 4 is 11.9 Å². The van der Waals surface area contributed by atoms with Crippen LogP contribution in [0.1, 0.15) is 34.1 Å². The zero-order chi connectivity index (χ0) is 25.0. The molecule has 0 saturated carbocycles. The Morgan fingerprint density at radius 3 is 2.70 bits per heavy atom. The van der Waals surface area contributed by atoms with Crippen molar-refractivity contribution in [3.8, 4) is 0 Å². The molecule has 0 aromatic carbocycles. The van der Waals surface area contributed by atoms with Crippen LogP contribution < -0.4 is 10.6 Å². The minimum absolute atomic E-state index is 0.0522. The topological polar surface area (TPSA) is 77.1 Å². The van der Waals surface area contributed by atoms with Crippen LogP contribution in [0.3, 0.4) is 0 Å². The van der Waals surface area contributed by atoms with E-state index in [2.05, 4.69) is 47.9 Å². The van der Waals surface area contributed by atoms with Gasteiger partial charge in [0, 0.05) is 32.4 Å². The lowest BCUT2D eigenvalue weighted by Gasteiger charge is -2.34. The van der Waals surface area contributed by atoms with E-state index in [0.717, 1.165) is 25.3 Å².